The quantitative estimate of drug-likeness (QED) is 0.443. The maximum atomic E-state index is 12.0. The summed E-state index contributed by atoms with van der Waals surface area (Å²) in [5.74, 6) is 0.739. The molecule has 0 amide bonds. The third kappa shape index (κ3) is 4.35. The Morgan fingerprint density at radius 3 is 2.48 bits per heavy atom. The van der Waals surface area contributed by atoms with Gasteiger partial charge in [-0.1, -0.05) is 43.2 Å². The minimum Gasteiger partial charge on any atom is -0.494 e. The molecule has 1 heterocycles. The van der Waals surface area contributed by atoms with Crippen LogP contribution in [0.15, 0.2) is 59.2 Å². The van der Waals surface area contributed by atoms with Gasteiger partial charge in [-0.2, -0.15) is 0 Å². The maximum absolute atomic E-state index is 12.0. The van der Waals surface area contributed by atoms with Crippen molar-refractivity contribution in [1.29, 1.82) is 0 Å². The van der Waals surface area contributed by atoms with E-state index in [1.807, 2.05) is 55.5 Å². The van der Waals surface area contributed by atoms with E-state index in [1.54, 1.807) is 6.08 Å². The molecule has 0 saturated carbocycles. The van der Waals surface area contributed by atoms with E-state index in [2.05, 4.69) is 11.9 Å². The monoisotopic (exact) mass is 335 g/mol. The molecule has 0 radical (unpaired) electrons. The smallest absolute Gasteiger partial charge is 0.363 e. The summed E-state index contributed by atoms with van der Waals surface area (Å²) in [6, 6.07) is 15.3. The standard InChI is InChI=1S/C21H21NO3/c1-3-4-13-24-18-11-7-16(8-12-18)14-19-21(23)25-20(22-19)17-9-5-15(2)6-10-17/h5-12,14H,3-4,13H2,1-2H3/b19-14-. The topological polar surface area (TPSA) is 47.9 Å². The molecule has 2 aromatic rings. The van der Waals surface area contributed by atoms with Gasteiger partial charge in [0.1, 0.15) is 5.75 Å². The van der Waals surface area contributed by atoms with Crippen LogP contribution in [0.3, 0.4) is 0 Å². The average molecular weight is 335 g/mol. The fraction of sp³-hybridized carbons (Fsp3) is 0.238. The molecular formula is C21H21NO3. The molecule has 1 aliphatic heterocycles. The highest BCUT2D eigenvalue weighted by Gasteiger charge is 2.23. The maximum Gasteiger partial charge on any atom is 0.363 e. The number of cyclic esters (lactones) is 1. The van der Waals surface area contributed by atoms with Crippen molar-refractivity contribution in [3.8, 4) is 5.75 Å². The van der Waals surface area contributed by atoms with Crippen LogP contribution in [0, 0.1) is 6.92 Å². The Bertz CT molecular complexity index is 802. The second-order valence-corrected chi connectivity index (χ2v) is 5.97. The van der Waals surface area contributed by atoms with Gasteiger partial charge in [0.15, 0.2) is 5.70 Å². The molecule has 0 N–H and O–H groups in total. The van der Waals surface area contributed by atoms with Crippen molar-refractivity contribution in [2.24, 2.45) is 4.99 Å². The van der Waals surface area contributed by atoms with Gasteiger partial charge in [0, 0.05) is 5.56 Å². The zero-order chi connectivity index (χ0) is 17.6. The third-order valence-electron chi connectivity index (χ3n) is 3.87. The zero-order valence-corrected chi connectivity index (χ0v) is 14.5. The number of carbonyl (C=O) groups is 1. The van der Waals surface area contributed by atoms with E-state index in [4.69, 9.17) is 9.47 Å². The van der Waals surface area contributed by atoms with Crippen LogP contribution in [0.5, 0.6) is 5.75 Å². The molecule has 4 nitrogen and oxygen atoms in total. The van der Waals surface area contributed by atoms with Gasteiger partial charge < -0.3 is 9.47 Å². The first-order valence-corrected chi connectivity index (χ1v) is 8.48. The fourth-order valence-corrected chi connectivity index (χ4v) is 2.38. The number of aryl methyl sites for hydroxylation is 1. The molecule has 2 aromatic carbocycles. The first kappa shape index (κ1) is 17.0. The van der Waals surface area contributed by atoms with Crippen LogP contribution in [-0.2, 0) is 9.53 Å². The normalized spacial score (nSPS) is 15.2. The molecule has 1 aliphatic rings. The van der Waals surface area contributed by atoms with Crippen LogP contribution >= 0.6 is 0 Å². The van der Waals surface area contributed by atoms with E-state index in [9.17, 15) is 4.79 Å². The van der Waals surface area contributed by atoms with Crippen LogP contribution in [0.4, 0.5) is 0 Å². The summed E-state index contributed by atoms with van der Waals surface area (Å²) < 4.78 is 10.9. The van der Waals surface area contributed by atoms with Crippen LogP contribution in [0.2, 0.25) is 0 Å². The van der Waals surface area contributed by atoms with Gasteiger partial charge in [-0.15, -0.1) is 0 Å². The lowest BCUT2D eigenvalue weighted by molar-refractivity contribution is -0.129. The lowest BCUT2D eigenvalue weighted by Gasteiger charge is -2.05. The van der Waals surface area contributed by atoms with Crippen molar-refractivity contribution < 1.29 is 14.3 Å². The van der Waals surface area contributed by atoms with Gasteiger partial charge in [0.25, 0.3) is 0 Å². The average Bonchev–Trinajstić information content (AvgIpc) is 2.98. The second kappa shape index (κ2) is 7.79. The van der Waals surface area contributed by atoms with Crippen molar-refractivity contribution in [2.45, 2.75) is 26.7 Å². The fourth-order valence-electron chi connectivity index (χ4n) is 2.38. The second-order valence-electron chi connectivity index (χ2n) is 5.97. The van der Waals surface area contributed by atoms with Gasteiger partial charge in [-0.25, -0.2) is 9.79 Å². The number of hydrogen-bond donors (Lipinski definition) is 0. The highest BCUT2D eigenvalue weighted by Crippen LogP contribution is 2.21. The molecule has 25 heavy (non-hydrogen) atoms. The Labute approximate surface area is 147 Å². The summed E-state index contributed by atoms with van der Waals surface area (Å²) in [5.41, 5.74) is 3.12. The SMILES string of the molecule is CCCCOc1ccc(/C=C2\N=C(c3ccc(C)cc3)OC2=O)cc1. The van der Waals surface area contributed by atoms with Crippen molar-refractivity contribution in [2.75, 3.05) is 6.61 Å². The van der Waals surface area contributed by atoms with E-state index in [1.165, 1.54) is 0 Å². The number of unbranched alkanes of at least 4 members (excludes halogenated alkanes) is 1. The number of esters is 1. The lowest BCUT2D eigenvalue weighted by Crippen LogP contribution is -2.05. The Hall–Kier alpha value is -2.88. The van der Waals surface area contributed by atoms with Gasteiger partial charge in [-0.3, -0.25) is 0 Å². The minimum atomic E-state index is -0.432. The molecule has 0 unspecified atom stereocenters. The molecule has 3 rings (SSSR count). The molecule has 4 heteroatoms. The van der Waals surface area contributed by atoms with E-state index < -0.39 is 5.97 Å². The summed E-state index contributed by atoms with van der Waals surface area (Å²) in [6.45, 7) is 4.85. The lowest BCUT2D eigenvalue weighted by atomic mass is 10.1. The number of benzene rings is 2. The zero-order valence-electron chi connectivity index (χ0n) is 14.5. The number of hydrogen-bond acceptors (Lipinski definition) is 4. The van der Waals surface area contributed by atoms with Crippen molar-refractivity contribution in [3.63, 3.8) is 0 Å². The van der Waals surface area contributed by atoms with Crippen molar-refractivity contribution >= 4 is 17.9 Å². The molecule has 0 atom stereocenters. The molecular weight excluding hydrogens is 314 g/mol. The Balaban J connectivity index is 1.74. The summed E-state index contributed by atoms with van der Waals surface area (Å²) in [6.07, 6.45) is 3.86. The first-order valence-electron chi connectivity index (χ1n) is 8.48. The Morgan fingerprint density at radius 2 is 1.80 bits per heavy atom. The van der Waals surface area contributed by atoms with Crippen LogP contribution < -0.4 is 4.74 Å². The van der Waals surface area contributed by atoms with Crippen molar-refractivity contribution in [1.82, 2.24) is 0 Å². The Kier molecular flexibility index (Phi) is 5.29. The summed E-state index contributed by atoms with van der Waals surface area (Å²) >= 11 is 0. The molecule has 0 aromatic heterocycles. The summed E-state index contributed by atoms with van der Waals surface area (Å²) in [7, 11) is 0. The first-order chi connectivity index (χ1) is 12.2. The molecule has 128 valence electrons. The summed E-state index contributed by atoms with van der Waals surface area (Å²) in [4.78, 5) is 16.4. The highest BCUT2D eigenvalue weighted by molar-refractivity contribution is 6.12. The predicted molar refractivity (Wildman–Crippen MR) is 98.6 cm³/mol. The number of ether oxygens (including phenoxy) is 2. The third-order valence-corrected chi connectivity index (χ3v) is 3.87. The van der Waals surface area contributed by atoms with Gasteiger partial charge in [0.2, 0.25) is 5.90 Å². The van der Waals surface area contributed by atoms with E-state index in [0.717, 1.165) is 35.3 Å². The minimum absolute atomic E-state index is 0.301. The van der Waals surface area contributed by atoms with Gasteiger partial charge >= 0.3 is 5.97 Å². The van der Waals surface area contributed by atoms with E-state index in [-0.39, 0.29) is 0 Å². The van der Waals surface area contributed by atoms with Crippen LogP contribution in [0.25, 0.3) is 6.08 Å². The van der Waals surface area contributed by atoms with Gasteiger partial charge in [0.05, 0.1) is 6.61 Å². The molecule has 0 aliphatic carbocycles. The Morgan fingerprint density at radius 1 is 1.08 bits per heavy atom. The predicted octanol–water partition coefficient (Wildman–Crippen LogP) is 4.52. The number of aliphatic imine (C=N–C) groups is 1. The molecule has 0 fully saturated rings. The summed E-state index contributed by atoms with van der Waals surface area (Å²) in [5, 5.41) is 0. The van der Waals surface area contributed by atoms with E-state index >= 15 is 0 Å². The molecule has 0 spiro atoms. The molecule has 0 bridgehead atoms. The highest BCUT2D eigenvalue weighted by atomic mass is 16.6. The van der Waals surface area contributed by atoms with Crippen LogP contribution in [-0.4, -0.2) is 18.5 Å². The molecule has 0 saturated heterocycles. The number of rotatable bonds is 6. The van der Waals surface area contributed by atoms with E-state index in [0.29, 0.717) is 18.2 Å². The van der Waals surface area contributed by atoms with Crippen LogP contribution in [0.1, 0.15) is 36.5 Å². The van der Waals surface area contributed by atoms with Gasteiger partial charge in [-0.05, 0) is 49.2 Å². The largest absolute Gasteiger partial charge is 0.494 e. The number of carbonyl (C=O) groups excluding carboxylic acids is 1. The van der Waals surface area contributed by atoms with Crippen molar-refractivity contribution in [3.05, 3.63) is 70.9 Å². The number of nitrogens with zero attached hydrogens (tertiary/aromatic N) is 1.